The van der Waals surface area contributed by atoms with Gasteiger partial charge >= 0.3 is 5.97 Å². The van der Waals surface area contributed by atoms with Gasteiger partial charge in [0.15, 0.2) is 6.10 Å². The fourth-order valence-electron chi connectivity index (χ4n) is 3.89. The molecule has 31 heavy (non-hydrogen) atoms. The predicted molar refractivity (Wildman–Crippen MR) is 120 cm³/mol. The van der Waals surface area contributed by atoms with Crippen molar-refractivity contribution < 1.29 is 19.1 Å². The molecule has 1 atom stereocenters. The van der Waals surface area contributed by atoms with Crippen molar-refractivity contribution in [1.82, 2.24) is 4.98 Å². The Bertz CT molecular complexity index is 1180. The first kappa shape index (κ1) is 20.6. The molecule has 2 aromatic carbocycles. The van der Waals surface area contributed by atoms with Gasteiger partial charge in [0.05, 0.1) is 23.9 Å². The number of carbonyl (C=O) groups is 2. The van der Waals surface area contributed by atoms with Crippen LogP contribution in [0.25, 0.3) is 22.6 Å². The number of primary amides is 1. The fourth-order valence-corrected chi connectivity index (χ4v) is 3.89. The number of methoxy groups -OCH3 is 1. The summed E-state index contributed by atoms with van der Waals surface area (Å²) in [6.07, 6.45) is 3.55. The number of para-hydroxylation sites is 1. The summed E-state index contributed by atoms with van der Waals surface area (Å²) in [5.74, 6) is -0.434. The number of ether oxygens (including phenoxy) is 2. The van der Waals surface area contributed by atoms with E-state index in [0.717, 1.165) is 41.0 Å². The van der Waals surface area contributed by atoms with Gasteiger partial charge in [-0.15, -0.1) is 0 Å². The maximum Gasteiger partial charge on any atom is 0.339 e. The highest BCUT2D eigenvalue weighted by atomic mass is 16.5. The van der Waals surface area contributed by atoms with Crippen molar-refractivity contribution in [2.75, 3.05) is 7.11 Å². The molecule has 1 aliphatic rings. The lowest BCUT2D eigenvalue weighted by Gasteiger charge is -2.23. The molecule has 0 spiro atoms. The van der Waals surface area contributed by atoms with Crippen molar-refractivity contribution in [1.29, 1.82) is 0 Å². The predicted octanol–water partition coefficient (Wildman–Crippen LogP) is 4.15. The van der Waals surface area contributed by atoms with Crippen LogP contribution in [-0.2, 0) is 16.0 Å². The van der Waals surface area contributed by atoms with E-state index in [1.807, 2.05) is 48.5 Å². The fraction of sp³-hybridized carbons (Fsp3) is 0.240. The molecule has 0 bridgehead atoms. The number of esters is 1. The van der Waals surface area contributed by atoms with E-state index < -0.39 is 18.0 Å². The minimum atomic E-state index is -1.01. The molecule has 0 saturated heterocycles. The van der Waals surface area contributed by atoms with Crippen molar-refractivity contribution in [3.63, 3.8) is 0 Å². The molecule has 1 unspecified atom stereocenters. The highest BCUT2D eigenvalue weighted by Gasteiger charge is 2.27. The molecule has 0 saturated carbocycles. The number of carbonyl (C=O) groups excluding carboxylic acids is 2. The Kier molecular flexibility index (Phi) is 5.71. The number of aromatic nitrogens is 1. The monoisotopic (exact) mass is 416 g/mol. The first-order valence-electron chi connectivity index (χ1n) is 10.2. The zero-order valence-corrected chi connectivity index (χ0v) is 17.6. The van der Waals surface area contributed by atoms with Crippen molar-refractivity contribution >= 4 is 34.4 Å². The number of hydrogen-bond donors (Lipinski definition) is 1. The summed E-state index contributed by atoms with van der Waals surface area (Å²) in [6, 6.07) is 15.3. The van der Waals surface area contributed by atoms with Gasteiger partial charge < -0.3 is 15.2 Å². The maximum absolute atomic E-state index is 13.1. The standard InChI is InChI=1S/C25H24N2O4/c1-15(24(26)28)31-25(29)22-19-7-3-4-9-21(19)27-23-17(6-5-8-20(22)23)14-16-10-12-18(30-2)13-11-16/h3-4,7,9-15H,5-6,8H2,1-2H3,(H2,26,28)/b17-14+. The SMILES string of the molecule is COc1ccc(/C=C2\CCCc3c2nc2ccccc2c3C(=O)OC(C)C(N)=O)cc1. The number of benzene rings is 2. The van der Waals surface area contributed by atoms with Crippen LogP contribution in [-0.4, -0.2) is 30.1 Å². The van der Waals surface area contributed by atoms with E-state index in [0.29, 0.717) is 22.9 Å². The van der Waals surface area contributed by atoms with Crippen LogP contribution in [0.15, 0.2) is 48.5 Å². The molecular weight excluding hydrogens is 392 g/mol. The van der Waals surface area contributed by atoms with Crippen LogP contribution in [0, 0.1) is 0 Å². The van der Waals surface area contributed by atoms with Crippen LogP contribution in [0.3, 0.4) is 0 Å². The van der Waals surface area contributed by atoms with Gasteiger partial charge in [-0.1, -0.05) is 30.3 Å². The summed E-state index contributed by atoms with van der Waals surface area (Å²) in [5.41, 5.74) is 10.2. The molecule has 0 radical (unpaired) electrons. The Morgan fingerprint density at radius 3 is 2.55 bits per heavy atom. The largest absolute Gasteiger partial charge is 0.497 e. The topological polar surface area (TPSA) is 91.5 Å². The number of fused-ring (bicyclic) bond motifs is 2. The zero-order chi connectivity index (χ0) is 22.0. The molecule has 6 nitrogen and oxygen atoms in total. The number of allylic oxidation sites excluding steroid dienone is 1. The van der Waals surface area contributed by atoms with Crippen LogP contribution in [0.4, 0.5) is 0 Å². The molecule has 1 heterocycles. The third kappa shape index (κ3) is 4.14. The van der Waals surface area contributed by atoms with Gasteiger partial charge in [0.25, 0.3) is 5.91 Å². The number of nitrogens with zero attached hydrogens (tertiary/aromatic N) is 1. The summed E-state index contributed by atoms with van der Waals surface area (Å²) in [5, 5.41) is 0.716. The van der Waals surface area contributed by atoms with Gasteiger partial charge in [0.1, 0.15) is 5.75 Å². The van der Waals surface area contributed by atoms with Crippen LogP contribution < -0.4 is 10.5 Å². The summed E-state index contributed by atoms with van der Waals surface area (Å²) in [7, 11) is 1.64. The van der Waals surface area contributed by atoms with E-state index in [1.54, 1.807) is 7.11 Å². The van der Waals surface area contributed by atoms with Gasteiger partial charge in [-0.2, -0.15) is 0 Å². The Labute approximate surface area is 180 Å². The third-order valence-electron chi connectivity index (χ3n) is 5.52. The highest BCUT2D eigenvalue weighted by Crippen LogP contribution is 2.36. The second-order valence-electron chi connectivity index (χ2n) is 7.58. The van der Waals surface area contributed by atoms with Crippen LogP contribution >= 0.6 is 0 Å². The van der Waals surface area contributed by atoms with E-state index in [-0.39, 0.29) is 0 Å². The lowest BCUT2D eigenvalue weighted by Crippen LogP contribution is -2.31. The van der Waals surface area contributed by atoms with Crippen molar-refractivity contribution in [2.24, 2.45) is 5.73 Å². The molecule has 1 aliphatic carbocycles. The summed E-state index contributed by atoms with van der Waals surface area (Å²) < 4.78 is 10.6. The first-order valence-corrected chi connectivity index (χ1v) is 10.2. The minimum absolute atomic E-state index is 0.467. The van der Waals surface area contributed by atoms with E-state index in [2.05, 4.69) is 6.08 Å². The van der Waals surface area contributed by atoms with Gasteiger partial charge in [0.2, 0.25) is 0 Å². The Hall–Kier alpha value is -3.67. The van der Waals surface area contributed by atoms with E-state index >= 15 is 0 Å². The average molecular weight is 416 g/mol. The molecule has 0 fully saturated rings. The van der Waals surface area contributed by atoms with Gasteiger partial charge in [-0.25, -0.2) is 9.78 Å². The highest BCUT2D eigenvalue weighted by molar-refractivity contribution is 6.07. The van der Waals surface area contributed by atoms with Crippen molar-refractivity contribution in [3.05, 3.63) is 70.9 Å². The molecule has 1 aromatic heterocycles. The number of nitrogens with two attached hydrogens (primary N) is 1. The van der Waals surface area contributed by atoms with Crippen LogP contribution in [0.2, 0.25) is 0 Å². The normalized spacial score (nSPS) is 15.4. The Morgan fingerprint density at radius 1 is 1.10 bits per heavy atom. The quantitative estimate of drug-likeness (QED) is 0.631. The molecule has 158 valence electrons. The van der Waals surface area contributed by atoms with E-state index in [9.17, 15) is 9.59 Å². The Balaban J connectivity index is 1.85. The molecule has 2 N–H and O–H groups in total. The summed E-state index contributed by atoms with van der Waals surface area (Å²) >= 11 is 0. The smallest absolute Gasteiger partial charge is 0.339 e. The van der Waals surface area contributed by atoms with Gasteiger partial charge in [-0.3, -0.25) is 4.79 Å². The summed E-state index contributed by atoms with van der Waals surface area (Å²) in [4.78, 5) is 29.4. The van der Waals surface area contributed by atoms with Crippen LogP contribution in [0.5, 0.6) is 5.75 Å². The van der Waals surface area contributed by atoms with Gasteiger partial charge in [0, 0.05) is 5.39 Å². The van der Waals surface area contributed by atoms with Crippen molar-refractivity contribution in [2.45, 2.75) is 32.3 Å². The van der Waals surface area contributed by atoms with Gasteiger partial charge in [-0.05, 0) is 67.2 Å². The second-order valence-corrected chi connectivity index (χ2v) is 7.58. The minimum Gasteiger partial charge on any atom is -0.497 e. The average Bonchev–Trinajstić information content (AvgIpc) is 2.78. The molecule has 4 rings (SSSR count). The first-order chi connectivity index (χ1) is 15.0. The maximum atomic E-state index is 13.1. The van der Waals surface area contributed by atoms with Crippen LogP contribution in [0.1, 0.15) is 46.9 Å². The number of hydrogen-bond acceptors (Lipinski definition) is 5. The zero-order valence-electron chi connectivity index (χ0n) is 17.6. The number of rotatable bonds is 5. The number of pyridine rings is 1. The van der Waals surface area contributed by atoms with E-state index in [4.69, 9.17) is 20.2 Å². The van der Waals surface area contributed by atoms with E-state index in [1.165, 1.54) is 6.92 Å². The Morgan fingerprint density at radius 2 is 1.84 bits per heavy atom. The molecule has 1 amide bonds. The summed E-state index contributed by atoms with van der Waals surface area (Å²) in [6.45, 7) is 1.48. The molecule has 6 heteroatoms. The van der Waals surface area contributed by atoms with Crippen molar-refractivity contribution in [3.8, 4) is 5.75 Å². The molecular formula is C25H24N2O4. The lowest BCUT2D eigenvalue weighted by molar-refractivity contribution is -0.125. The molecule has 3 aromatic rings. The number of amides is 1. The lowest BCUT2D eigenvalue weighted by atomic mass is 9.86. The second kappa shape index (κ2) is 8.60. The third-order valence-corrected chi connectivity index (χ3v) is 5.52. The molecule has 0 aliphatic heterocycles.